The van der Waals surface area contributed by atoms with E-state index >= 15 is 0 Å². The van der Waals surface area contributed by atoms with Crippen LogP contribution in [0.3, 0.4) is 0 Å². The van der Waals surface area contributed by atoms with Crippen LogP contribution in [0.4, 0.5) is 0 Å². The maximum atomic E-state index is 12.7. The summed E-state index contributed by atoms with van der Waals surface area (Å²) in [6.07, 6.45) is 0.272. The highest BCUT2D eigenvalue weighted by Gasteiger charge is 2.28. The van der Waals surface area contributed by atoms with Gasteiger partial charge in [0.1, 0.15) is 6.04 Å². The van der Waals surface area contributed by atoms with Crippen molar-refractivity contribution in [3.63, 3.8) is 0 Å². The number of sulfonamides is 1. The third-order valence-electron chi connectivity index (χ3n) is 3.73. The van der Waals surface area contributed by atoms with Gasteiger partial charge in [-0.15, -0.1) is 0 Å². The van der Waals surface area contributed by atoms with Gasteiger partial charge < -0.3 is 5.32 Å². The minimum atomic E-state index is -3.81. The maximum Gasteiger partial charge on any atom is 0.241 e. The second-order valence-corrected chi connectivity index (χ2v) is 9.13. The van der Waals surface area contributed by atoms with Crippen LogP contribution in [0, 0.1) is 6.92 Å². The van der Waals surface area contributed by atoms with E-state index < -0.39 is 21.6 Å². The Morgan fingerprint density at radius 1 is 1.00 bits per heavy atom. The molecule has 0 radical (unpaired) electrons. The second kappa shape index (κ2) is 8.01. The summed E-state index contributed by atoms with van der Waals surface area (Å²) in [5.74, 6) is -0.350. The van der Waals surface area contributed by atoms with E-state index in [-0.39, 0.29) is 17.2 Å². The zero-order valence-corrected chi connectivity index (χ0v) is 16.4. The van der Waals surface area contributed by atoms with E-state index in [2.05, 4.69) is 10.0 Å². The van der Waals surface area contributed by atoms with Gasteiger partial charge in [0.05, 0.1) is 4.90 Å². The van der Waals surface area contributed by atoms with E-state index in [4.69, 9.17) is 0 Å². The predicted octanol–water partition coefficient (Wildman–Crippen LogP) is 2.80. The van der Waals surface area contributed by atoms with Gasteiger partial charge in [0, 0.05) is 5.54 Å². The van der Waals surface area contributed by atoms with Crippen molar-refractivity contribution in [1.82, 2.24) is 10.0 Å². The maximum absolute atomic E-state index is 12.7. The molecule has 6 heteroatoms. The minimum Gasteiger partial charge on any atom is -0.350 e. The fourth-order valence-corrected chi connectivity index (χ4v) is 3.66. The number of hydrogen-bond acceptors (Lipinski definition) is 3. The molecule has 0 spiro atoms. The standard InChI is InChI=1S/C20H26N2O3S/c1-15-10-12-17(13-11-15)26(24,25)22-18(19(23)21-20(2,3)4)14-16-8-6-5-7-9-16/h5-13,18,22H,14H2,1-4H3,(H,21,23). The smallest absolute Gasteiger partial charge is 0.241 e. The minimum absolute atomic E-state index is 0.143. The number of carbonyl (C=O) groups is 1. The summed E-state index contributed by atoms with van der Waals surface area (Å²) in [5.41, 5.74) is 1.39. The van der Waals surface area contributed by atoms with Crippen molar-refractivity contribution < 1.29 is 13.2 Å². The lowest BCUT2D eigenvalue weighted by Crippen LogP contribution is -2.52. The first-order valence-electron chi connectivity index (χ1n) is 8.52. The molecule has 2 rings (SSSR count). The van der Waals surface area contributed by atoms with Crippen LogP contribution in [-0.4, -0.2) is 25.9 Å². The molecule has 0 saturated heterocycles. The Balaban J connectivity index is 2.27. The molecule has 0 saturated carbocycles. The molecule has 140 valence electrons. The van der Waals surface area contributed by atoms with Gasteiger partial charge in [0.15, 0.2) is 0 Å². The van der Waals surface area contributed by atoms with Crippen LogP contribution in [0.25, 0.3) is 0 Å². The van der Waals surface area contributed by atoms with Gasteiger partial charge >= 0.3 is 0 Å². The van der Waals surface area contributed by atoms with Crippen molar-refractivity contribution in [2.75, 3.05) is 0 Å². The molecule has 2 aromatic carbocycles. The zero-order chi connectivity index (χ0) is 19.4. The number of carbonyl (C=O) groups excluding carboxylic acids is 1. The molecule has 0 aliphatic rings. The number of rotatable bonds is 6. The molecule has 26 heavy (non-hydrogen) atoms. The summed E-state index contributed by atoms with van der Waals surface area (Å²) in [5, 5.41) is 2.86. The van der Waals surface area contributed by atoms with Crippen molar-refractivity contribution in [3.8, 4) is 0 Å². The number of hydrogen-bond donors (Lipinski definition) is 2. The molecule has 5 nitrogen and oxygen atoms in total. The van der Waals surface area contributed by atoms with Crippen molar-refractivity contribution in [2.24, 2.45) is 0 Å². The Bertz CT molecular complexity index is 839. The van der Waals surface area contributed by atoms with Crippen molar-refractivity contribution in [2.45, 2.75) is 50.6 Å². The van der Waals surface area contributed by atoms with Gasteiger partial charge in [-0.1, -0.05) is 48.0 Å². The third kappa shape index (κ3) is 5.97. The zero-order valence-electron chi connectivity index (χ0n) is 15.6. The lowest BCUT2D eigenvalue weighted by atomic mass is 10.0. The normalized spacial score (nSPS) is 13.2. The molecule has 0 aliphatic carbocycles. The molecule has 0 fully saturated rings. The van der Waals surface area contributed by atoms with Crippen molar-refractivity contribution in [3.05, 3.63) is 65.7 Å². The van der Waals surface area contributed by atoms with E-state index in [1.54, 1.807) is 24.3 Å². The largest absolute Gasteiger partial charge is 0.350 e. The summed E-state index contributed by atoms with van der Waals surface area (Å²) in [6, 6.07) is 15.0. The van der Waals surface area contributed by atoms with Gasteiger partial charge in [0.2, 0.25) is 15.9 Å². The van der Waals surface area contributed by atoms with E-state index in [0.29, 0.717) is 0 Å². The van der Waals surface area contributed by atoms with Crippen LogP contribution in [0.15, 0.2) is 59.5 Å². The first-order valence-corrected chi connectivity index (χ1v) is 10.0. The summed E-state index contributed by atoms with van der Waals surface area (Å²) in [6.45, 7) is 7.47. The Morgan fingerprint density at radius 2 is 1.58 bits per heavy atom. The monoisotopic (exact) mass is 374 g/mol. The topological polar surface area (TPSA) is 75.3 Å². The lowest BCUT2D eigenvalue weighted by molar-refractivity contribution is -0.124. The van der Waals surface area contributed by atoms with Crippen LogP contribution in [0.1, 0.15) is 31.9 Å². The number of aryl methyl sites for hydroxylation is 1. The Labute approximate surface area is 155 Å². The molecular weight excluding hydrogens is 348 g/mol. The summed E-state index contributed by atoms with van der Waals surface area (Å²) >= 11 is 0. The number of amides is 1. The fraction of sp³-hybridized carbons (Fsp3) is 0.350. The van der Waals surface area contributed by atoms with Crippen LogP contribution < -0.4 is 10.0 Å². The molecule has 1 atom stereocenters. The summed E-state index contributed by atoms with van der Waals surface area (Å²) in [7, 11) is -3.81. The van der Waals surface area contributed by atoms with E-state index in [1.807, 2.05) is 58.0 Å². The SMILES string of the molecule is Cc1ccc(S(=O)(=O)NC(Cc2ccccc2)C(=O)NC(C)(C)C)cc1. The molecule has 0 bridgehead atoms. The first kappa shape index (κ1) is 20.1. The number of benzene rings is 2. The van der Waals surface area contributed by atoms with Crippen molar-refractivity contribution in [1.29, 1.82) is 0 Å². The molecule has 0 heterocycles. The molecule has 2 aromatic rings. The van der Waals surface area contributed by atoms with Gasteiger partial charge in [-0.2, -0.15) is 4.72 Å². The summed E-state index contributed by atoms with van der Waals surface area (Å²) in [4.78, 5) is 12.8. The Morgan fingerprint density at radius 3 is 2.12 bits per heavy atom. The average Bonchev–Trinajstić information content (AvgIpc) is 2.54. The van der Waals surface area contributed by atoms with Crippen LogP contribution in [-0.2, 0) is 21.2 Å². The molecule has 1 amide bonds. The van der Waals surface area contributed by atoms with E-state index in [9.17, 15) is 13.2 Å². The fourth-order valence-electron chi connectivity index (χ4n) is 2.47. The molecule has 0 aliphatic heterocycles. The highest BCUT2D eigenvalue weighted by Crippen LogP contribution is 2.13. The lowest BCUT2D eigenvalue weighted by Gasteiger charge is -2.25. The van der Waals surface area contributed by atoms with Gasteiger partial charge in [-0.05, 0) is 51.8 Å². The Kier molecular flexibility index (Phi) is 6.21. The molecule has 1 unspecified atom stereocenters. The summed E-state index contributed by atoms with van der Waals surface area (Å²) < 4.78 is 28.0. The van der Waals surface area contributed by atoms with Gasteiger partial charge in [0.25, 0.3) is 0 Å². The first-order chi connectivity index (χ1) is 12.1. The molecule has 0 aromatic heterocycles. The van der Waals surface area contributed by atoms with Gasteiger partial charge in [-0.3, -0.25) is 4.79 Å². The highest BCUT2D eigenvalue weighted by molar-refractivity contribution is 7.89. The second-order valence-electron chi connectivity index (χ2n) is 7.42. The number of nitrogens with one attached hydrogen (secondary N) is 2. The predicted molar refractivity (Wildman–Crippen MR) is 103 cm³/mol. The van der Waals surface area contributed by atoms with E-state index in [0.717, 1.165) is 11.1 Å². The van der Waals surface area contributed by atoms with Crippen LogP contribution >= 0.6 is 0 Å². The quantitative estimate of drug-likeness (QED) is 0.816. The average molecular weight is 375 g/mol. The Hall–Kier alpha value is -2.18. The highest BCUT2D eigenvalue weighted by atomic mass is 32.2. The van der Waals surface area contributed by atoms with Crippen LogP contribution in [0.2, 0.25) is 0 Å². The van der Waals surface area contributed by atoms with Crippen molar-refractivity contribution >= 4 is 15.9 Å². The molecular formula is C20H26N2O3S. The third-order valence-corrected chi connectivity index (χ3v) is 5.21. The van der Waals surface area contributed by atoms with Gasteiger partial charge in [-0.25, -0.2) is 8.42 Å². The molecule has 2 N–H and O–H groups in total. The van der Waals surface area contributed by atoms with E-state index in [1.165, 1.54) is 0 Å². The van der Waals surface area contributed by atoms with Crippen LogP contribution in [0.5, 0.6) is 0 Å².